The van der Waals surface area contributed by atoms with Crippen molar-refractivity contribution in [2.24, 2.45) is 0 Å². The zero-order valence-corrected chi connectivity index (χ0v) is 9.80. The molecule has 0 saturated carbocycles. The lowest BCUT2D eigenvalue weighted by atomic mass is 10.2. The van der Waals surface area contributed by atoms with Gasteiger partial charge in [-0.15, -0.1) is 0 Å². The van der Waals surface area contributed by atoms with E-state index in [2.05, 4.69) is 15.3 Å². The van der Waals surface area contributed by atoms with Crippen LogP contribution in [0.25, 0.3) is 0 Å². The van der Waals surface area contributed by atoms with Gasteiger partial charge in [-0.2, -0.15) is 0 Å². The molecule has 5 heteroatoms. The molecule has 0 spiro atoms. The summed E-state index contributed by atoms with van der Waals surface area (Å²) >= 11 is 1.19. The number of aromatic nitrogens is 2. The highest BCUT2D eigenvalue weighted by Gasteiger charge is 1.97. The lowest BCUT2D eigenvalue weighted by molar-refractivity contribution is 0.679. The van der Waals surface area contributed by atoms with Crippen LogP contribution in [0.5, 0.6) is 0 Å². The smallest absolute Gasteiger partial charge is 0.304 e. The molecule has 2 aromatic rings. The average Bonchev–Trinajstić information content (AvgIpc) is 2.67. The normalized spacial score (nSPS) is 10.6. The van der Waals surface area contributed by atoms with Gasteiger partial charge in [0.2, 0.25) is 0 Å². The molecule has 0 aromatic carbocycles. The molecule has 0 amide bonds. The molecule has 0 unspecified atom stereocenters. The Balaban J connectivity index is 1.84. The molecule has 2 N–H and O–H groups in total. The second kappa shape index (κ2) is 5.05. The van der Waals surface area contributed by atoms with Gasteiger partial charge in [-0.3, -0.25) is 9.78 Å². The third-order valence-corrected chi connectivity index (χ3v) is 2.91. The van der Waals surface area contributed by atoms with Crippen molar-refractivity contribution >= 4 is 11.3 Å². The van der Waals surface area contributed by atoms with Crippen molar-refractivity contribution < 1.29 is 0 Å². The molecule has 0 radical (unpaired) electrons. The third-order valence-electron chi connectivity index (χ3n) is 2.19. The zero-order chi connectivity index (χ0) is 11.4. The molecule has 2 heterocycles. The maximum absolute atomic E-state index is 10.9. The molecule has 2 aromatic heterocycles. The summed E-state index contributed by atoms with van der Waals surface area (Å²) < 4.78 is 0. The Labute approximate surface area is 97.4 Å². The van der Waals surface area contributed by atoms with Crippen molar-refractivity contribution in [3.63, 3.8) is 0 Å². The van der Waals surface area contributed by atoms with Gasteiger partial charge in [0, 0.05) is 36.1 Å². The molecule has 2 rings (SSSR count). The average molecular weight is 235 g/mol. The summed E-state index contributed by atoms with van der Waals surface area (Å²) in [5.74, 6) is 0. The molecule has 0 aliphatic heterocycles. The number of hydrogen-bond donors (Lipinski definition) is 2. The lowest BCUT2D eigenvalue weighted by Gasteiger charge is -2.03. The molecule has 0 saturated heterocycles. The number of thiazole rings is 1. The van der Waals surface area contributed by atoms with Crippen molar-refractivity contribution in [2.45, 2.75) is 20.0 Å². The zero-order valence-electron chi connectivity index (χ0n) is 8.99. The Kier molecular flexibility index (Phi) is 3.48. The van der Waals surface area contributed by atoms with Crippen LogP contribution in [-0.4, -0.2) is 9.97 Å². The fourth-order valence-electron chi connectivity index (χ4n) is 1.35. The van der Waals surface area contributed by atoms with E-state index in [1.54, 1.807) is 0 Å². The van der Waals surface area contributed by atoms with Gasteiger partial charge < -0.3 is 10.3 Å². The van der Waals surface area contributed by atoms with E-state index in [0.717, 1.165) is 23.5 Å². The van der Waals surface area contributed by atoms with Crippen molar-refractivity contribution in [3.05, 3.63) is 50.3 Å². The number of H-pyrrole nitrogens is 1. The first-order chi connectivity index (χ1) is 7.74. The minimum Gasteiger partial charge on any atom is -0.315 e. The molecule has 16 heavy (non-hydrogen) atoms. The van der Waals surface area contributed by atoms with Crippen LogP contribution in [0.15, 0.2) is 28.5 Å². The SMILES string of the molecule is Cc1ccc(CNCc2csc(=O)[nH]2)cn1. The molecule has 0 aliphatic rings. The summed E-state index contributed by atoms with van der Waals surface area (Å²) in [7, 11) is 0. The van der Waals surface area contributed by atoms with Crippen molar-refractivity contribution in [1.29, 1.82) is 0 Å². The van der Waals surface area contributed by atoms with Crippen molar-refractivity contribution in [2.75, 3.05) is 0 Å². The maximum Gasteiger partial charge on any atom is 0.304 e. The Morgan fingerprint density at radius 3 is 2.94 bits per heavy atom. The van der Waals surface area contributed by atoms with E-state index in [9.17, 15) is 4.79 Å². The minimum absolute atomic E-state index is 0.00574. The third kappa shape index (κ3) is 3.01. The molecular weight excluding hydrogens is 222 g/mol. The maximum atomic E-state index is 10.9. The summed E-state index contributed by atoms with van der Waals surface area (Å²) in [6, 6.07) is 4.04. The molecule has 0 bridgehead atoms. The van der Waals surface area contributed by atoms with Gasteiger partial charge in [-0.1, -0.05) is 17.4 Å². The molecule has 0 aliphatic carbocycles. The largest absolute Gasteiger partial charge is 0.315 e. The van der Waals surface area contributed by atoms with E-state index in [4.69, 9.17) is 0 Å². The topological polar surface area (TPSA) is 57.8 Å². The fourth-order valence-corrected chi connectivity index (χ4v) is 1.93. The van der Waals surface area contributed by atoms with Gasteiger partial charge in [0.25, 0.3) is 0 Å². The van der Waals surface area contributed by atoms with E-state index < -0.39 is 0 Å². The number of hydrogen-bond acceptors (Lipinski definition) is 4. The molecule has 0 atom stereocenters. The number of nitrogens with zero attached hydrogens (tertiary/aromatic N) is 1. The quantitative estimate of drug-likeness (QED) is 0.843. The Bertz CT molecular complexity index is 500. The highest BCUT2D eigenvalue weighted by atomic mass is 32.1. The number of aromatic amines is 1. The summed E-state index contributed by atoms with van der Waals surface area (Å²) in [5, 5.41) is 5.08. The van der Waals surface area contributed by atoms with Crippen molar-refractivity contribution in [3.8, 4) is 0 Å². The van der Waals surface area contributed by atoms with E-state index in [1.165, 1.54) is 11.3 Å². The molecule has 4 nitrogen and oxygen atoms in total. The number of aryl methyl sites for hydroxylation is 1. The van der Waals surface area contributed by atoms with Crippen LogP contribution in [0, 0.1) is 6.92 Å². The standard InChI is InChI=1S/C11H13N3OS/c1-8-2-3-9(5-13-8)4-12-6-10-7-16-11(15)14-10/h2-3,5,7,12H,4,6H2,1H3,(H,14,15). The van der Waals surface area contributed by atoms with Crippen LogP contribution in [0.4, 0.5) is 0 Å². The predicted octanol–water partition coefficient (Wildman–Crippen LogP) is 1.43. The van der Waals surface area contributed by atoms with Gasteiger partial charge >= 0.3 is 4.87 Å². The molecule has 84 valence electrons. The van der Waals surface area contributed by atoms with Gasteiger partial charge in [-0.05, 0) is 18.6 Å². The van der Waals surface area contributed by atoms with Crippen LogP contribution in [-0.2, 0) is 13.1 Å². The Morgan fingerprint density at radius 2 is 2.31 bits per heavy atom. The number of rotatable bonds is 4. The van der Waals surface area contributed by atoms with Crippen LogP contribution in [0.3, 0.4) is 0 Å². The monoisotopic (exact) mass is 235 g/mol. The fraction of sp³-hybridized carbons (Fsp3) is 0.273. The van der Waals surface area contributed by atoms with Gasteiger partial charge in [-0.25, -0.2) is 0 Å². The summed E-state index contributed by atoms with van der Waals surface area (Å²) in [6.45, 7) is 3.39. The Morgan fingerprint density at radius 1 is 1.44 bits per heavy atom. The van der Waals surface area contributed by atoms with E-state index in [0.29, 0.717) is 6.54 Å². The van der Waals surface area contributed by atoms with Crippen LogP contribution >= 0.6 is 11.3 Å². The first kappa shape index (κ1) is 11.0. The molecule has 0 fully saturated rings. The first-order valence-corrected chi connectivity index (χ1v) is 5.91. The van der Waals surface area contributed by atoms with Crippen LogP contribution < -0.4 is 10.2 Å². The highest BCUT2D eigenvalue weighted by molar-refractivity contribution is 7.07. The summed E-state index contributed by atoms with van der Waals surface area (Å²) in [5.41, 5.74) is 3.09. The summed E-state index contributed by atoms with van der Waals surface area (Å²) in [6.07, 6.45) is 1.86. The minimum atomic E-state index is -0.00574. The highest BCUT2D eigenvalue weighted by Crippen LogP contribution is 2.00. The van der Waals surface area contributed by atoms with Crippen LogP contribution in [0.1, 0.15) is 17.0 Å². The van der Waals surface area contributed by atoms with E-state index >= 15 is 0 Å². The van der Waals surface area contributed by atoms with Crippen molar-refractivity contribution in [1.82, 2.24) is 15.3 Å². The predicted molar refractivity (Wildman–Crippen MR) is 64.5 cm³/mol. The Hall–Kier alpha value is -1.46. The number of nitrogens with one attached hydrogen (secondary N) is 2. The summed E-state index contributed by atoms with van der Waals surface area (Å²) in [4.78, 5) is 17.8. The number of pyridine rings is 1. The van der Waals surface area contributed by atoms with Gasteiger partial charge in [0.1, 0.15) is 0 Å². The van der Waals surface area contributed by atoms with E-state index in [-0.39, 0.29) is 4.87 Å². The van der Waals surface area contributed by atoms with E-state index in [1.807, 2.05) is 30.6 Å². The second-order valence-electron chi connectivity index (χ2n) is 3.58. The first-order valence-electron chi connectivity index (χ1n) is 5.03. The lowest BCUT2D eigenvalue weighted by Crippen LogP contribution is -2.13. The van der Waals surface area contributed by atoms with Gasteiger partial charge in [0.15, 0.2) is 0 Å². The van der Waals surface area contributed by atoms with Gasteiger partial charge in [0.05, 0.1) is 0 Å². The molecular formula is C11H13N3OS. The second-order valence-corrected chi connectivity index (χ2v) is 4.43. The van der Waals surface area contributed by atoms with Crippen LogP contribution in [0.2, 0.25) is 0 Å².